The van der Waals surface area contributed by atoms with Crippen LogP contribution in [0.15, 0.2) is 34.3 Å². The molecule has 0 amide bonds. The molecule has 3 heterocycles. The summed E-state index contributed by atoms with van der Waals surface area (Å²) in [7, 11) is 1.96. The maximum absolute atomic E-state index is 5.94. The van der Waals surface area contributed by atoms with Crippen molar-refractivity contribution in [2.75, 3.05) is 11.9 Å². The number of hydrogen-bond acceptors (Lipinski definition) is 5. The van der Waals surface area contributed by atoms with E-state index in [1.807, 2.05) is 35.5 Å². The second kappa shape index (κ2) is 4.59. The summed E-state index contributed by atoms with van der Waals surface area (Å²) < 4.78 is 5.33. The van der Waals surface area contributed by atoms with Gasteiger partial charge in [0.05, 0.1) is 18.2 Å². The van der Waals surface area contributed by atoms with Gasteiger partial charge in [0.15, 0.2) is 0 Å². The molecule has 6 heteroatoms. The van der Waals surface area contributed by atoms with Gasteiger partial charge in [0, 0.05) is 7.05 Å². The summed E-state index contributed by atoms with van der Waals surface area (Å²) in [6.07, 6.45) is 1.66. The molecule has 0 saturated heterocycles. The Morgan fingerprint density at radius 1 is 1.39 bits per heavy atom. The average molecular weight is 280 g/mol. The molecule has 0 aliphatic heterocycles. The number of anilines is 1. The summed E-state index contributed by atoms with van der Waals surface area (Å²) in [5.41, 5.74) is 0. The lowest BCUT2D eigenvalue weighted by Gasteiger charge is -2.17. The standard InChI is InChI=1S/C12H10ClN3OS/c1-16(7-8-3-2-5-17-8)10-9-4-6-18-11(9)15-12(13)14-10/h2-6H,7H2,1H3. The predicted octanol–water partition coefficient (Wildman–Crippen LogP) is 3.57. The smallest absolute Gasteiger partial charge is 0.225 e. The molecule has 0 aliphatic carbocycles. The van der Waals surface area contributed by atoms with E-state index in [0.717, 1.165) is 21.8 Å². The summed E-state index contributed by atoms with van der Waals surface area (Å²) in [6.45, 7) is 0.644. The molecule has 4 nitrogen and oxygen atoms in total. The fourth-order valence-electron chi connectivity index (χ4n) is 1.82. The van der Waals surface area contributed by atoms with E-state index in [0.29, 0.717) is 6.54 Å². The van der Waals surface area contributed by atoms with Crippen molar-refractivity contribution >= 4 is 39.0 Å². The van der Waals surface area contributed by atoms with Crippen LogP contribution in [0.25, 0.3) is 10.2 Å². The molecule has 92 valence electrons. The highest BCUT2D eigenvalue weighted by molar-refractivity contribution is 7.16. The molecule has 18 heavy (non-hydrogen) atoms. The van der Waals surface area contributed by atoms with Crippen LogP contribution in [0.5, 0.6) is 0 Å². The normalized spacial score (nSPS) is 11.0. The van der Waals surface area contributed by atoms with Crippen molar-refractivity contribution in [2.24, 2.45) is 0 Å². The number of rotatable bonds is 3. The highest BCUT2D eigenvalue weighted by Crippen LogP contribution is 2.29. The number of nitrogens with zero attached hydrogens (tertiary/aromatic N) is 3. The van der Waals surface area contributed by atoms with Gasteiger partial charge >= 0.3 is 0 Å². The van der Waals surface area contributed by atoms with Crippen LogP contribution in [0.1, 0.15) is 5.76 Å². The third kappa shape index (κ3) is 2.07. The zero-order chi connectivity index (χ0) is 12.5. The van der Waals surface area contributed by atoms with Gasteiger partial charge in [0.1, 0.15) is 16.4 Å². The molecular weight excluding hydrogens is 270 g/mol. The van der Waals surface area contributed by atoms with E-state index in [4.69, 9.17) is 16.0 Å². The lowest BCUT2D eigenvalue weighted by Crippen LogP contribution is -2.17. The van der Waals surface area contributed by atoms with Gasteiger partial charge in [-0.25, -0.2) is 4.98 Å². The SMILES string of the molecule is CN(Cc1ccco1)c1nc(Cl)nc2sccc12. The van der Waals surface area contributed by atoms with Gasteiger partial charge < -0.3 is 9.32 Å². The summed E-state index contributed by atoms with van der Waals surface area (Å²) in [5.74, 6) is 1.71. The summed E-state index contributed by atoms with van der Waals surface area (Å²) in [6, 6.07) is 5.81. The van der Waals surface area contributed by atoms with Gasteiger partial charge in [0.2, 0.25) is 5.28 Å². The van der Waals surface area contributed by atoms with Crippen LogP contribution in [0.4, 0.5) is 5.82 Å². The zero-order valence-electron chi connectivity index (χ0n) is 9.63. The van der Waals surface area contributed by atoms with Crippen LogP contribution in [0, 0.1) is 0 Å². The van der Waals surface area contributed by atoms with Gasteiger partial charge in [-0.3, -0.25) is 0 Å². The van der Waals surface area contributed by atoms with E-state index in [-0.39, 0.29) is 5.28 Å². The first kappa shape index (κ1) is 11.5. The maximum atomic E-state index is 5.94. The predicted molar refractivity (Wildman–Crippen MR) is 73.2 cm³/mol. The fourth-order valence-corrected chi connectivity index (χ4v) is 2.79. The topological polar surface area (TPSA) is 42.2 Å². The Kier molecular flexibility index (Phi) is 2.93. The largest absolute Gasteiger partial charge is 0.467 e. The molecule has 0 spiro atoms. The molecule has 0 bridgehead atoms. The van der Waals surface area contributed by atoms with E-state index in [2.05, 4.69) is 9.97 Å². The Morgan fingerprint density at radius 2 is 2.28 bits per heavy atom. The van der Waals surface area contributed by atoms with Crippen molar-refractivity contribution in [3.63, 3.8) is 0 Å². The van der Waals surface area contributed by atoms with Gasteiger partial charge in [0.25, 0.3) is 0 Å². The van der Waals surface area contributed by atoms with Crippen LogP contribution in [0.2, 0.25) is 5.28 Å². The Balaban J connectivity index is 2.00. The lowest BCUT2D eigenvalue weighted by atomic mass is 10.3. The minimum Gasteiger partial charge on any atom is -0.467 e. The van der Waals surface area contributed by atoms with Gasteiger partial charge in [-0.2, -0.15) is 4.98 Å². The number of fused-ring (bicyclic) bond motifs is 1. The third-order valence-electron chi connectivity index (χ3n) is 2.61. The Labute approximate surface area is 113 Å². The summed E-state index contributed by atoms with van der Waals surface area (Å²) in [5, 5.41) is 3.27. The van der Waals surface area contributed by atoms with Crippen molar-refractivity contribution in [1.29, 1.82) is 0 Å². The van der Waals surface area contributed by atoms with E-state index in [1.165, 1.54) is 0 Å². The third-order valence-corrected chi connectivity index (χ3v) is 3.59. The maximum Gasteiger partial charge on any atom is 0.225 e. The summed E-state index contributed by atoms with van der Waals surface area (Å²) >= 11 is 7.50. The van der Waals surface area contributed by atoms with Crippen LogP contribution >= 0.6 is 22.9 Å². The Bertz CT molecular complexity index is 665. The van der Waals surface area contributed by atoms with Crippen molar-refractivity contribution < 1.29 is 4.42 Å². The quantitative estimate of drug-likeness (QED) is 0.687. The molecule has 3 aromatic rings. The second-order valence-corrected chi connectivity index (χ2v) is 5.12. The zero-order valence-corrected chi connectivity index (χ0v) is 11.2. The van der Waals surface area contributed by atoms with E-state index < -0.39 is 0 Å². The molecule has 0 radical (unpaired) electrons. The molecule has 3 aromatic heterocycles. The fraction of sp³-hybridized carbons (Fsp3) is 0.167. The molecule has 0 saturated carbocycles. The van der Waals surface area contributed by atoms with Gasteiger partial charge in [-0.05, 0) is 35.2 Å². The number of thiophene rings is 1. The molecule has 0 N–H and O–H groups in total. The molecule has 0 atom stereocenters. The monoisotopic (exact) mass is 279 g/mol. The minimum absolute atomic E-state index is 0.270. The van der Waals surface area contributed by atoms with E-state index in [1.54, 1.807) is 17.6 Å². The lowest BCUT2D eigenvalue weighted by molar-refractivity contribution is 0.507. The number of hydrogen-bond donors (Lipinski definition) is 0. The van der Waals surface area contributed by atoms with Gasteiger partial charge in [-0.1, -0.05) is 0 Å². The van der Waals surface area contributed by atoms with Crippen molar-refractivity contribution in [3.05, 3.63) is 40.9 Å². The van der Waals surface area contributed by atoms with E-state index >= 15 is 0 Å². The summed E-state index contributed by atoms with van der Waals surface area (Å²) in [4.78, 5) is 11.4. The van der Waals surface area contributed by atoms with Crippen molar-refractivity contribution in [3.8, 4) is 0 Å². The minimum atomic E-state index is 0.270. The molecular formula is C12H10ClN3OS. The number of furan rings is 1. The number of aromatic nitrogens is 2. The highest BCUT2D eigenvalue weighted by atomic mass is 35.5. The number of halogens is 1. The first-order valence-electron chi connectivity index (χ1n) is 5.38. The van der Waals surface area contributed by atoms with Crippen LogP contribution in [0.3, 0.4) is 0 Å². The van der Waals surface area contributed by atoms with Gasteiger partial charge in [-0.15, -0.1) is 11.3 Å². The second-order valence-electron chi connectivity index (χ2n) is 3.89. The van der Waals surface area contributed by atoms with E-state index in [9.17, 15) is 0 Å². The molecule has 0 aliphatic rings. The first-order valence-corrected chi connectivity index (χ1v) is 6.64. The van der Waals surface area contributed by atoms with Crippen LogP contribution < -0.4 is 4.90 Å². The average Bonchev–Trinajstić information content (AvgIpc) is 2.97. The van der Waals surface area contributed by atoms with Crippen LogP contribution in [-0.4, -0.2) is 17.0 Å². The Morgan fingerprint density at radius 3 is 3.06 bits per heavy atom. The molecule has 0 unspecified atom stereocenters. The molecule has 0 aromatic carbocycles. The van der Waals surface area contributed by atoms with Crippen molar-refractivity contribution in [1.82, 2.24) is 9.97 Å². The Hall–Kier alpha value is -1.59. The van der Waals surface area contributed by atoms with Crippen molar-refractivity contribution in [2.45, 2.75) is 6.54 Å². The molecule has 0 fully saturated rings. The van der Waals surface area contributed by atoms with Crippen LogP contribution in [-0.2, 0) is 6.54 Å². The molecule has 3 rings (SSSR count). The first-order chi connectivity index (χ1) is 8.74. The highest BCUT2D eigenvalue weighted by Gasteiger charge is 2.13.